The van der Waals surface area contributed by atoms with Crippen molar-refractivity contribution in [1.29, 1.82) is 0 Å². The van der Waals surface area contributed by atoms with Crippen molar-refractivity contribution in [3.05, 3.63) is 51.7 Å². The van der Waals surface area contributed by atoms with Gasteiger partial charge in [-0.25, -0.2) is 0 Å². The molecule has 3 N–H and O–H groups in total. The molecule has 3 aromatic rings. The minimum atomic E-state index is -0.801. The predicted molar refractivity (Wildman–Crippen MR) is 119 cm³/mol. The van der Waals surface area contributed by atoms with Gasteiger partial charge in [-0.1, -0.05) is 6.07 Å². The highest BCUT2D eigenvalue weighted by molar-refractivity contribution is 6.04. The molecule has 0 saturated carbocycles. The summed E-state index contributed by atoms with van der Waals surface area (Å²) in [6, 6.07) is 8.53. The van der Waals surface area contributed by atoms with Crippen LogP contribution in [0.4, 0.5) is 17.2 Å². The summed E-state index contributed by atoms with van der Waals surface area (Å²) in [6.07, 6.45) is 1.31. The van der Waals surface area contributed by atoms with Gasteiger partial charge in [-0.3, -0.25) is 14.9 Å². The number of anilines is 2. The van der Waals surface area contributed by atoms with Gasteiger partial charge in [0.05, 0.1) is 16.5 Å². The van der Waals surface area contributed by atoms with Gasteiger partial charge in [0.15, 0.2) is 17.3 Å². The molecule has 1 aromatic heterocycles. The number of hydrogen-bond acceptors (Lipinski definition) is 9. The molecule has 5 rings (SSSR count). The fraction of sp³-hybridized carbons (Fsp3) is 0.318. The molecule has 33 heavy (non-hydrogen) atoms. The van der Waals surface area contributed by atoms with Gasteiger partial charge in [0, 0.05) is 36.3 Å². The van der Waals surface area contributed by atoms with Crippen LogP contribution in [0.3, 0.4) is 0 Å². The summed E-state index contributed by atoms with van der Waals surface area (Å²) in [6.45, 7) is 1.16. The predicted octanol–water partition coefficient (Wildman–Crippen LogP) is 2.74. The summed E-state index contributed by atoms with van der Waals surface area (Å²) in [5.74, 6) is 0.637. The van der Waals surface area contributed by atoms with E-state index in [1.807, 2.05) is 17.0 Å². The first-order valence-electron chi connectivity index (χ1n) is 10.5. The number of nitrogens with zero attached hydrogens (tertiary/aromatic N) is 4. The second-order valence-electron chi connectivity index (χ2n) is 8.11. The maximum absolute atomic E-state index is 11.5. The highest BCUT2D eigenvalue weighted by atomic mass is 16.7. The Morgan fingerprint density at radius 3 is 2.67 bits per heavy atom. The monoisotopic (exact) mass is 451 g/mol. The van der Waals surface area contributed by atoms with Crippen LogP contribution in [0.1, 0.15) is 24.1 Å². The molecule has 0 bridgehead atoms. The van der Waals surface area contributed by atoms with Crippen molar-refractivity contribution in [2.75, 3.05) is 30.5 Å². The Hall–Kier alpha value is -4.15. The van der Waals surface area contributed by atoms with E-state index < -0.39 is 16.8 Å². The van der Waals surface area contributed by atoms with E-state index in [0.717, 1.165) is 5.56 Å². The van der Waals surface area contributed by atoms with Crippen LogP contribution in [0.15, 0.2) is 30.3 Å². The zero-order valence-electron chi connectivity index (χ0n) is 17.6. The number of nitro benzene ring substituents is 1. The number of benzene rings is 2. The quantitative estimate of drug-likeness (QED) is 0.336. The van der Waals surface area contributed by atoms with E-state index in [9.17, 15) is 20.0 Å². The molecule has 3 heterocycles. The summed E-state index contributed by atoms with van der Waals surface area (Å²) < 4.78 is 10.8. The van der Waals surface area contributed by atoms with Crippen molar-refractivity contribution in [1.82, 2.24) is 10.2 Å². The number of carboxylic acid groups (broad SMARTS) is 1. The van der Waals surface area contributed by atoms with E-state index in [4.69, 9.17) is 15.2 Å². The van der Waals surface area contributed by atoms with Crippen molar-refractivity contribution in [2.45, 2.75) is 19.3 Å². The summed E-state index contributed by atoms with van der Waals surface area (Å²) in [7, 11) is 0. The van der Waals surface area contributed by atoms with Crippen LogP contribution in [0.2, 0.25) is 0 Å². The lowest BCUT2D eigenvalue weighted by molar-refractivity contribution is -0.383. The van der Waals surface area contributed by atoms with E-state index in [1.54, 1.807) is 12.1 Å². The van der Waals surface area contributed by atoms with E-state index in [1.165, 1.54) is 6.07 Å². The molecule has 2 aliphatic rings. The van der Waals surface area contributed by atoms with E-state index in [-0.39, 0.29) is 18.2 Å². The first-order chi connectivity index (χ1) is 15.9. The van der Waals surface area contributed by atoms with Crippen molar-refractivity contribution < 1.29 is 24.3 Å². The molecule has 0 radical (unpaired) electrons. The molecule has 0 aliphatic carbocycles. The van der Waals surface area contributed by atoms with E-state index in [2.05, 4.69) is 10.2 Å². The average Bonchev–Trinajstić information content (AvgIpc) is 3.27. The number of aliphatic carboxylic acids is 1. The molecule has 11 heteroatoms. The number of nitrogen functional groups attached to an aromatic ring is 1. The third-order valence-corrected chi connectivity index (χ3v) is 6.17. The Morgan fingerprint density at radius 1 is 1.18 bits per heavy atom. The van der Waals surface area contributed by atoms with Gasteiger partial charge in [0.25, 0.3) is 5.69 Å². The maximum atomic E-state index is 11.5. The molecule has 1 fully saturated rings. The SMILES string of the molecule is Nc1c([N+](=O)[O-])ccc2c(N3CCC(C(=O)O)CC3)nnc(Cc3ccc4c(c3)OCO4)c12. The van der Waals surface area contributed by atoms with E-state index >= 15 is 0 Å². The van der Waals surface area contributed by atoms with Crippen LogP contribution in [-0.2, 0) is 11.2 Å². The van der Waals surface area contributed by atoms with Gasteiger partial charge in [0.1, 0.15) is 5.69 Å². The summed E-state index contributed by atoms with van der Waals surface area (Å²) >= 11 is 0. The number of nitrogens with two attached hydrogens (primary N) is 1. The van der Waals surface area contributed by atoms with Crippen LogP contribution < -0.4 is 20.1 Å². The molecule has 0 amide bonds. The number of piperidine rings is 1. The standard InChI is InChI=1S/C22H21N5O6/c23-20-16(27(30)31)3-2-14-19(20)15(9-12-1-4-17-18(10-12)33-11-32-17)24-25-21(14)26-7-5-13(6-8-26)22(28)29/h1-4,10,13H,5-9,11,23H2,(H,28,29). The normalized spacial score (nSPS) is 15.7. The lowest BCUT2D eigenvalue weighted by Crippen LogP contribution is -2.37. The number of carbonyl (C=O) groups is 1. The van der Waals surface area contributed by atoms with Crippen molar-refractivity contribution >= 4 is 33.9 Å². The zero-order valence-corrected chi connectivity index (χ0v) is 17.6. The van der Waals surface area contributed by atoms with Gasteiger partial charge < -0.3 is 25.2 Å². The number of nitro groups is 1. The minimum Gasteiger partial charge on any atom is -0.481 e. The number of hydrogen-bond donors (Lipinski definition) is 2. The highest BCUT2D eigenvalue weighted by Gasteiger charge is 2.28. The van der Waals surface area contributed by atoms with Crippen molar-refractivity contribution in [3.63, 3.8) is 0 Å². The van der Waals surface area contributed by atoms with Gasteiger partial charge in [-0.15, -0.1) is 5.10 Å². The Morgan fingerprint density at radius 2 is 1.94 bits per heavy atom. The average molecular weight is 451 g/mol. The molecule has 170 valence electrons. The third-order valence-electron chi connectivity index (χ3n) is 6.17. The first kappa shape index (κ1) is 20.7. The Labute approximate surface area is 187 Å². The molecule has 0 unspecified atom stereocenters. The molecule has 2 aliphatic heterocycles. The number of rotatable bonds is 5. The van der Waals surface area contributed by atoms with Gasteiger partial charge in [-0.2, -0.15) is 5.10 Å². The lowest BCUT2D eigenvalue weighted by Gasteiger charge is -2.31. The van der Waals surface area contributed by atoms with Gasteiger partial charge in [0.2, 0.25) is 6.79 Å². The van der Waals surface area contributed by atoms with Crippen molar-refractivity contribution in [2.24, 2.45) is 5.92 Å². The first-order valence-corrected chi connectivity index (χ1v) is 10.5. The topological polar surface area (TPSA) is 154 Å². The Bertz CT molecular complexity index is 1270. The lowest BCUT2D eigenvalue weighted by atomic mass is 9.96. The second kappa shape index (κ2) is 8.08. The smallest absolute Gasteiger partial charge is 0.306 e. The summed E-state index contributed by atoms with van der Waals surface area (Å²) in [5, 5.41) is 30.8. The fourth-order valence-electron chi connectivity index (χ4n) is 4.42. The maximum Gasteiger partial charge on any atom is 0.306 e. The zero-order chi connectivity index (χ0) is 23.1. The van der Waals surface area contributed by atoms with E-state index in [0.29, 0.717) is 66.1 Å². The molecule has 0 spiro atoms. The van der Waals surface area contributed by atoms with Crippen LogP contribution in [0.5, 0.6) is 11.5 Å². The van der Waals surface area contributed by atoms with Gasteiger partial charge in [-0.05, 0) is 36.6 Å². The Kier molecular flexibility index (Phi) is 5.08. The molecule has 1 saturated heterocycles. The second-order valence-corrected chi connectivity index (χ2v) is 8.11. The fourth-order valence-corrected chi connectivity index (χ4v) is 4.42. The van der Waals surface area contributed by atoms with Gasteiger partial charge >= 0.3 is 5.97 Å². The molecule has 0 atom stereocenters. The third kappa shape index (κ3) is 3.71. The highest BCUT2D eigenvalue weighted by Crippen LogP contribution is 2.38. The molecule has 11 nitrogen and oxygen atoms in total. The molecular formula is C22H21N5O6. The van der Waals surface area contributed by atoms with Crippen LogP contribution >= 0.6 is 0 Å². The molecular weight excluding hydrogens is 430 g/mol. The Balaban J connectivity index is 1.57. The van der Waals surface area contributed by atoms with Crippen LogP contribution in [0.25, 0.3) is 10.8 Å². The molecule has 2 aromatic carbocycles. The number of carboxylic acids is 1. The number of fused-ring (bicyclic) bond motifs is 2. The minimum absolute atomic E-state index is 0.0322. The summed E-state index contributed by atoms with van der Waals surface area (Å²) in [4.78, 5) is 24.3. The largest absolute Gasteiger partial charge is 0.481 e. The number of aromatic nitrogens is 2. The van der Waals surface area contributed by atoms with Crippen molar-refractivity contribution in [3.8, 4) is 11.5 Å². The van der Waals surface area contributed by atoms with Crippen LogP contribution in [-0.4, -0.2) is 46.1 Å². The summed E-state index contributed by atoms with van der Waals surface area (Å²) in [5.41, 5.74) is 7.49. The number of ether oxygens (including phenoxy) is 2. The van der Waals surface area contributed by atoms with Crippen LogP contribution in [0, 0.1) is 16.0 Å².